The molecule has 1 aliphatic heterocycles. The Morgan fingerprint density at radius 3 is 2.89 bits per heavy atom. The highest BCUT2D eigenvalue weighted by molar-refractivity contribution is 7.80. The van der Waals surface area contributed by atoms with Gasteiger partial charge in [0.05, 0.1) is 11.8 Å². The number of anilines is 1. The molecule has 1 saturated heterocycles. The van der Waals surface area contributed by atoms with E-state index in [1.54, 1.807) is 0 Å². The summed E-state index contributed by atoms with van der Waals surface area (Å²) in [5.41, 5.74) is 4.19. The van der Waals surface area contributed by atoms with Crippen LogP contribution in [0.4, 0.5) is 5.69 Å². The first kappa shape index (κ1) is 13.1. The standard InChI is InChI=1S/C13H19N3OS/c1-16(11-6-3-2-4-7-11)15-13(18)14-10-12-8-5-9-17-12/h2-4,6-7,12H,5,8-10H2,1H3,(H2,14,15,18)/t12-/m0/s1. The molecule has 4 nitrogen and oxygen atoms in total. The number of hydrazine groups is 1. The highest BCUT2D eigenvalue weighted by atomic mass is 32.1. The zero-order chi connectivity index (χ0) is 12.8. The highest BCUT2D eigenvalue weighted by Crippen LogP contribution is 2.10. The lowest BCUT2D eigenvalue weighted by molar-refractivity contribution is 0.114. The third-order valence-electron chi connectivity index (χ3n) is 2.93. The zero-order valence-electron chi connectivity index (χ0n) is 10.6. The number of para-hydroxylation sites is 1. The summed E-state index contributed by atoms with van der Waals surface area (Å²) in [5.74, 6) is 0. The van der Waals surface area contributed by atoms with E-state index in [1.807, 2.05) is 42.4 Å². The number of thiocarbonyl (C=S) groups is 1. The second-order valence-corrected chi connectivity index (χ2v) is 4.76. The Bertz CT molecular complexity index is 379. The van der Waals surface area contributed by atoms with Gasteiger partial charge in [0.2, 0.25) is 0 Å². The monoisotopic (exact) mass is 265 g/mol. The first-order valence-electron chi connectivity index (χ1n) is 6.20. The molecule has 18 heavy (non-hydrogen) atoms. The van der Waals surface area contributed by atoms with Crippen molar-refractivity contribution >= 4 is 23.0 Å². The molecule has 1 aromatic rings. The molecule has 0 bridgehead atoms. The number of rotatable bonds is 4. The van der Waals surface area contributed by atoms with Crippen molar-refractivity contribution < 1.29 is 4.74 Å². The van der Waals surface area contributed by atoms with Crippen LogP contribution in [0.15, 0.2) is 30.3 Å². The predicted molar refractivity (Wildman–Crippen MR) is 77.6 cm³/mol. The maximum absolute atomic E-state index is 5.53. The van der Waals surface area contributed by atoms with Crippen LogP contribution in [0, 0.1) is 0 Å². The quantitative estimate of drug-likeness (QED) is 0.640. The van der Waals surface area contributed by atoms with Gasteiger partial charge < -0.3 is 10.1 Å². The van der Waals surface area contributed by atoms with Crippen LogP contribution in [0.3, 0.4) is 0 Å². The molecule has 1 aromatic carbocycles. The SMILES string of the molecule is CN(NC(=S)NC[C@@H]1CCCO1)c1ccccc1. The Hall–Kier alpha value is -1.33. The van der Waals surface area contributed by atoms with E-state index in [0.29, 0.717) is 11.2 Å². The second-order valence-electron chi connectivity index (χ2n) is 4.35. The first-order chi connectivity index (χ1) is 8.75. The van der Waals surface area contributed by atoms with E-state index >= 15 is 0 Å². The van der Waals surface area contributed by atoms with Gasteiger partial charge in [-0.2, -0.15) is 0 Å². The summed E-state index contributed by atoms with van der Waals surface area (Å²) >= 11 is 5.25. The third kappa shape index (κ3) is 3.85. The van der Waals surface area contributed by atoms with Crippen molar-refractivity contribution in [1.29, 1.82) is 0 Å². The van der Waals surface area contributed by atoms with Crippen LogP contribution in [0.1, 0.15) is 12.8 Å². The molecule has 0 unspecified atom stereocenters. The van der Waals surface area contributed by atoms with Crippen LogP contribution >= 0.6 is 12.2 Å². The topological polar surface area (TPSA) is 36.5 Å². The van der Waals surface area contributed by atoms with E-state index in [2.05, 4.69) is 10.7 Å². The average Bonchev–Trinajstić information content (AvgIpc) is 2.90. The van der Waals surface area contributed by atoms with Gasteiger partial charge in [-0.1, -0.05) is 18.2 Å². The molecule has 98 valence electrons. The van der Waals surface area contributed by atoms with E-state index in [-0.39, 0.29) is 0 Å². The van der Waals surface area contributed by atoms with Gasteiger partial charge in [-0.3, -0.25) is 10.4 Å². The first-order valence-corrected chi connectivity index (χ1v) is 6.61. The van der Waals surface area contributed by atoms with Crippen LogP contribution < -0.4 is 15.8 Å². The van der Waals surface area contributed by atoms with Gasteiger partial charge in [-0.05, 0) is 37.2 Å². The molecule has 0 spiro atoms. The maximum Gasteiger partial charge on any atom is 0.185 e. The summed E-state index contributed by atoms with van der Waals surface area (Å²) in [6, 6.07) is 10.0. The Morgan fingerprint density at radius 1 is 1.44 bits per heavy atom. The molecule has 0 saturated carbocycles. The van der Waals surface area contributed by atoms with Gasteiger partial charge in [0.15, 0.2) is 5.11 Å². The Balaban J connectivity index is 1.73. The molecule has 0 amide bonds. The predicted octanol–water partition coefficient (Wildman–Crippen LogP) is 1.68. The fourth-order valence-corrected chi connectivity index (χ4v) is 2.14. The fourth-order valence-electron chi connectivity index (χ4n) is 1.92. The minimum atomic E-state index is 0.298. The average molecular weight is 265 g/mol. The number of nitrogens with zero attached hydrogens (tertiary/aromatic N) is 1. The highest BCUT2D eigenvalue weighted by Gasteiger charge is 2.15. The number of benzene rings is 1. The van der Waals surface area contributed by atoms with E-state index in [9.17, 15) is 0 Å². The molecule has 0 radical (unpaired) electrons. The van der Waals surface area contributed by atoms with Crippen molar-refractivity contribution in [1.82, 2.24) is 10.7 Å². The van der Waals surface area contributed by atoms with Gasteiger partial charge in [-0.25, -0.2) is 0 Å². The summed E-state index contributed by atoms with van der Waals surface area (Å²) in [4.78, 5) is 0. The van der Waals surface area contributed by atoms with Gasteiger partial charge in [0, 0.05) is 20.2 Å². The van der Waals surface area contributed by atoms with Crippen molar-refractivity contribution in [3.63, 3.8) is 0 Å². The van der Waals surface area contributed by atoms with Crippen molar-refractivity contribution in [2.75, 3.05) is 25.2 Å². The van der Waals surface area contributed by atoms with Crippen molar-refractivity contribution in [2.24, 2.45) is 0 Å². The molecule has 2 rings (SSSR count). The lowest BCUT2D eigenvalue weighted by Crippen LogP contribution is -2.47. The van der Waals surface area contributed by atoms with E-state index in [0.717, 1.165) is 31.7 Å². The molecule has 0 aliphatic carbocycles. The number of hydrogen-bond acceptors (Lipinski definition) is 3. The van der Waals surface area contributed by atoms with Gasteiger partial charge in [0.25, 0.3) is 0 Å². The van der Waals surface area contributed by atoms with Crippen LogP contribution in [-0.4, -0.2) is 31.4 Å². The molecule has 0 aromatic heterocycles. The normalized spacial score (nSPS) is 18.4. The molecule has 1 fully saturated rings. The number of nitrogens with one attached hydrogen (secondary N) is 2. The third-order valence-corrected chi connectivity index (χ3v) is 3.16. The molecule has 1 aliphatic rings. The Kier molecular flexibility index (Phi) is 4.78. The van der Waals surface area contributed by atoms with E-state index in [1.165, 1.54) is 0 Å². The van der Waals surface area contributed by atoms with Crippen molar-refractivity contribution in [3.05, 3.63) is 30.3 Å². The summed E-state index contributed by atoms with van der Waals surface area (Å²) < 4.78 is 5.53. The van der Waals surface area contributed by atoms with Gasteiger partial charge in [-0.15, -0.1) is 0 Å². The summed E-state index contributed by atoms with van der Waals surface area (Å²) in [6.07, 6.45) is 2.56. The maximum atomic E-state index is 5.53. The molecular weight excluding hydrogens is 246 g/mol. The number of hydrogen-bond donors (Lipinski definition) is 2. The zero-order valence-corrected chi connectivity index (χ0v) is 11.4. The van der Waals surface area contributed by atoms with Crippen LogP contribution in [0.5, 0.6) is 0 Å². The van der Waals surface area contributed by atoms with Crippen LogP contribution in [-0.2, 0) is 4.74 Å². The summed E-state index contributed by atoms with van der Waals surface area (Å²) in [7, 11) is 1.94. The lowest BCUT2D eigenvalue weighted by Gasteiger charge is -2.23. The molecule has 1 atom stereocenters. The Morgan fingerprint density at radius 2 is 2.22 bits per heavy atom. The smallest absolute Gasteiger partial charge is 0.185 e. The fraction of sp³-hybridized carbons (Fsp3) is 0.462. The minimum Gasteiger partial charge on any atom is -0.376 e. The van der Waals surface area contributed by atoms with Crippen LogP contribution in [0.25, 0.3) is 0 Å². The van der Waals surface area contributed by atoms with Crippen molar-refractivity contribution in [3.8, 4) is 0 Å². The largest absolute Gasteiger partial charge is 0.376 e. The number of ether oxygens (including phenoxy) is 1. The lowest BCUT2D eigenvalue weighted by atomic mass is 10.2. The molecule has 5 heteroatoms. The van der Waals surface area contributed by atoms with E-state index < -0.39 is 0 Å². The second kappa shape index (κ2) is 6.56. The van der Waals surface area contributed by atoms with Crippen molar-refractivity contribution in [2.45, 2.75) is 18.9 Å². The minimum absolute atomic E-state index is 0.298. The molecule has 2 N–H and O–H groups in total. The van der Waals surface area contributed by atoms with Gasteiger partial charge in [0.1, 0.15) is 0 Å². The van der Waals surface area contributed by atoms with Gasteiger partial charge >= 0.3 is 0 Å². The van der Waals surface area contributed by atoms with E-state index in [4.69, 9.17) is 17.0 Å². The van der Waals surface area contributed by atoms with Crippen LogP contribution in [0.2, 0.25) is 0 Å². The molecular formula is C13H19N3OS. The molecule has 1 heterocycles. The summed E-state index contributed by atoms with van der Waals surface area (Å²) in [6.45, 7) is 1.64. The summed E-state index contributed by atoms with van der Waals surface area (Å²) in [5, 5.41) is 5.69. The Labute approximate surface area is 113 Å².